The largest absolute Gasteiger partial charge is 0.326 e. The Morgan fingerprint density at radius 2 is 2.12 bits per heavy atom. The summed E-state index contributed by atoms with van der Waals surface area (Å²) in [5.41, 5.74) is 9.75. The highest BCUT2D eigenvalue weighted by Crippen LogP contribution is 2.29. The molecule has 1 aliphatic rings. The number of benzene rings is 1. The molecular formula is C15H24N2. The zero-order chi connectivity index (χ0) is 12.3. The number of hydrogen-bond donors (Lipinski definition) is 1. The van der Waals surface area contributed by atoms with E-state index in [0.717, 1.165) is 12.6 Å². The van der Waals surface area contributed by atoms with Gasteiger partial charge in [0.1, 0.15) is 0 Å². The smallest absolute Gasteiger partial charge is 0.0239 e. The van der Waals surface area contributed by atoms with Gasteiger partial charge in [-0.05, 0) is 49.4 Å². The highest BCUT2D eigenvalue weighted by Gasteiger charge is 2.28. The van der Waals surface area contributed by atoms with E-state index in [4.69, 9.17) is 5.73 Å². The Labute approximate surface area is 105 Å². The minimum Gasteiger partial charge on any atom is -0.326 e. The van der Waals surface area contributed by atoms with E-state index in [1.54, 1.807) is 0 Å². The van der Waals surface area contributed by atoms with Gasteiger partial charge in [0, 0.05) is 19.1 Å². The summed E-state index contributed by atoms with van der Waals surface area (Å²) in [6.07, 6.45) is 4.02. The summed E-state index contributed by atoms with van der Waals surface area (Å²) >= 11 is 0. The molecule has 0 bridgehead atoms. The van der Waals surface area contributed by atoms with Crippen molar-refractivity contribution in [2.75, 3.05) is 6.54 Å². The van der Waals surface area contributed by atoms with Gasteiger partial charge in [0.05, 0.1) is 0 Å². The SMILES string of the molecule is CCCN(Cc1ccc(CN)cc1C)C1CC1. The first-order valence-corrected chi connectivity index (χ1v) is 6.77. The van der Waals surface area contributed by atoms with Crippen molar-refractivity contribution in [3.05, 3.63) is 34.9 Å². The summed E-state index contributed by atoms with van der Waals surface area (Å²) in [6.45, 7) is 7.44. The predicted octanol–water partition coefficient (Wildman–Crippen LogP) is 2.83. The van der Waals surface area contributed by atoms with Gasteiger partial charge in [-0.25, -0.2) is 0 Å². The molecule has 1 fully saturated rings. The van der Waals surface area contributed by atoms with Crippen molar-refractivity contribution in [3.8, 4) is 0 Å². The van der Waals surface area contributed by atoms with E-state index in [9.17, 15) is 0 Å². The quantitative estimate of drug-likeness (QED) is 0.817. The van der Waals surface area contributed by atoms with Gasteiger partial charge in [0.2, 0.25) is 0 Å². The van der Waals surface area contributed by atoms with Gasteiger partial charge < -0.3 is 5.73 Å². The van der Waals surface area contributed by atoms with Crippen LogP contribution < -0.4 is 5.73 Å². The maximum absolute atomic E-state index is 5.67. The van der Waals surface area contributed by atoms with E-state index in [1.807, 2.05) is 0 Å². The summed E-state index contributed by atoms with van der Waals surface area (Å²) in [5, 5.41) is 0. The third kappa shape index (κ3) is 3.30. The Balaban J connectivity index is 2.05. The van der Waals surface area contributed by atoms with Gasteiger partial charge in [0.15, 0.2) is 0 Å². The molecule has 2 N–H and O–H groups in total. The van der Waals surface area contributed by atoms with Crippen molar-refractivity contribution < 1.29 is 0 Å². The van der Waals surface area contributed by atoms with Crippen molar-refractivity contribution >= 4 is 0 Å². The first-order valence-electron chi connectivity index (χ1n) is 6.77. The van der Waals surface area contributed by atoms with Crippen molar-refractivity contribution in [1.29, 1.82) is 0 Å². The Kier molecular flexibility index (Phi) is 4.19. The average Bonchev–Trinajstić information content (AvgIpc) is 3.14. The zero-order valence-corrected chi connectivity index (χ0v) is 11.1. The summed E-state index contributed by atoms with van der Waals surface area (Å²) < 4.78 is 0. The van der Waals surface area contributed by atoms with Crippen molar-refractivity contribution in [1.82, 2.24) is 4.90 Å². The number of aryl methyl sites for hydroxylation is 1. The lowest BCUT2D eigenvalue weighted by atomic mass is 10.0. The molecule has 0 aromatic heterocycles. The highest BCUT2D eigenvalue weighted by atomic mass is 15.2. The first kappa shape index (κ1) is 12.6. The third-order valence-electron chi connectivity index (χ3n) is 3.59. The number of hydrogen-bond acceptors (Lipinski definition) is 2. The van der Waals surface area contributed by atoms with E-state index in [0.29, 0.717) is 6.54 Å². The lowest BCUT2D eigenvalue weighted by Crippen LogP contribution is -2.26. The topological polar surface area (TPSA) is 29.3 Å². The summed E-state index contributed by atoms with van der Waals surface area (Å²) in [4.78, 5) is 2.63. The lowest BCUT2D eigenvalue weighted by molar-refractivity contribution is 0.255. The van der Waals surface area contributed by atoms with Crippen LogP contribution in [-0.4, -0.2) is 17.5 Å². The molecule has 2 heteroatoms. The first-order chi connectivity index (χ1) is 8.24. The van der Waals surface area contributed by atoms with Gasteiger partial charge >= 0.3 is 0 Å². The van der Waals surface area contributed by atoms with Crippen LogP contribution in [0.4, 0.5) is 0 Å². The molecule has 0 aliphatic heterocycles. The average molecular weight is 232 g/mol. The van der Waals surface area contributed by atoms with Gasteiger partial charge in [-0.3, -0.25) is 4.90 Å². The number of nitrogens with two attached hydrogens (primary N) is 1. The van der Waals surface area contributed by atoms with E-state index >= 15 is 0 Å². The molecule has 94 valence electrons. The predicted molar refractivity (Wildman–Crippen MR) is 72.8 cm³/mol. The third-order valence-corrected chi connectivity index (χ3v) is 3.59. The van der Waals surface area contributed by atoms with Gasteiger partial charge in [0.25, 0.3) is 0 Å². The Bertz CT molecular complexity index is 369. The summed E-state index contributed by atoms with van der Waals surface area (Å²) in [7, 11) is 0. The molecule has 0 atom stereocenters. The van der Waals surface area contributed by atoms with Gasteiger partial charge in [-0.2, -0.15) is 0 Å². The molecule has 2 nitrogen and oxygen atoms in total. The fourth-order valence-electron chi connectivity index (χ4n) is 2.40. The lowest BCUT2D eigenvalue weighted by Gasteiger charge is -2.22. The molecule has 2 rings (SSSR count). The molecule has 0 amide bonds. The zero-order valence-electron chi connectivity index (χ0n) is 11.1. The van der Waals surface area contributed by atoms with Gasteiger partial charge in [-0.15, -0.1) is 0 Å². The minimum absolute atomic E-state index is 0.641. The van der Waals surface area contributed by atoms with Crippen molar-refractivity contribution in [2.45, 2.75) is 52.2 Å². The molecule has 1 aromatic carbocycles. The second kappa shape index (κ2) is 5.65. The molecule has 17 heavy (non-hydrogen) atoms. The monoisotopic (exact) mass is 232 g/mol. The molecule has 0 heterocycles. The van der Waals surface area contributed by atoms with Crippen LogP contribution in [-0.2, 0) is 13.1 Å². The van der Waals surface area contributed by atoms with Crippen LogP contribution >= 0.6 is 0 Å². The van der Waals surface area contributed by atoms with E-state index in [-0.39, 0.29) is 0 Å². The van der Waals surface area contributed by atoms with Crippen LogP contribution in [0.2, 0.25) is 0 Å². The van der Waals surface area contributed by atoms with Crippen LogP contribution in [0.1, 0.15) is 42.9 Å². The number of rotatable bonds is 6. The maximum Gasteiger partial charge on any atom is 0.0239 e. The van der Waals surface area contributed by atoms with Gasteiger partial charge in [-0.1, -0.05) is 25.1 Å². The molecule has 1 aliphatic carbocycles. The number of nitrogens with zero attached hydrogens (tertiary/aromatic N) is 1. The molecule has 0 unspecified atom stereocenters. The molecular weight excluding hydrogens is 208 g/mol. The van der Waals surface area contributed by atoms with Crippen LogP contribution in [0.3, 0.4) is 0 Å². The molecule has 1 saturated carbocycles. The Morgan fingerprint density at radius 3 is 2.65 bits per heavy atom. The van der Waals surface area contributed by atoms with E-state index in [1.165, 1.54) is 42.5 Å². The Hall–Kier alpha value is -0.860. The molecule has 0 spiro atoms. The van der Waals surface area contributed by atoms with Crippen molar-refractivity contribution in [3.63, 3.8) is 0 Å². The summed E-state index contributed by atoms with van der Waals surface area (Å²) in [5.74, 6) is 0. The van der Waals surface area contributed by atoms with Crippen molar-refractivity contribution in [2.24, 2.45) is 5.73 Å². The standard InChI is InChI=1S/C15H24N2/c1-3-8-17(15-6-7-15)11-14-5-4-13(10-16)9-12(14)2/h4-5,9,15H,3,6-8,10-11,16H2,1-2H3. The second-order valence-electron chi connectivity index (χ2n) is 5.17. The summed E-state index contributed by atoms with van der Waals surface area (Å²) in [6, 6.07) is 7.50. The fourth-order valence-corrected chi connectivity index (χ4v) is 2.40. The van der Waals surface area contributed by atoms with Crippen LogP contribution in [0.15, 0.2) is 18.2 Å². The minimum atomic E-state index is 0.641. The van der Waals surface area contributed by atoms with Crippen LogP contribution in [0, 0.1) is 6.92 Å². The molecule has 0 radical (unpaired) electrons. The second-order valence-corrected chi connectivity index (χ2v) is 5.17. The fraction of sp³-hybridized carbons (Fsp3) is 0.600. The molecule has 0 saturated heterocycles. The highest BCUT2D eigenvalue weighted by molar-refractivity contribution is 5.31. The van der Waals surface area contributed by atoms with E-state index in [2.05, 4.69) is 36.9 Å². The van der Waals surface area contributed by atoms with Crippen LogP contribution in [0.5, 0.6) is 0 Å². The maximum atomic E-state index is 5.67. The molecule has 1 aromatic rings. The normalized spacial score (nSPS) is 15.5. The Morgan fingerprint density at radius 1 is 1.35 bits per heavy atom. The van der Waals surface area contributed by atoms with Crippen LogP contribution in [0.25, 0.3) is 0 Å². The van der Waals surface area contributed by atoms with E-state index < -0.39 is 0 Å².